The van der Waals surface area contributed by atoms with E-state index in [1.807, 2.05) is 32.0 Å². The fourth-order valence-electron chi connectivity index (χ4n) is 12.0. The zero-order valence-electron chi connectivity index (χ0n) is 56.0. The summed E-state index contributed by atoms with van der Waals surface area (Å²) in [4.78, 5) is 139. The average Bonchev–Trinajstić information content (AvgIpc) is 1.80. The van der Waals surface area contributed by atoms with Gasteiger partial charge in [0, 0.05) is 66.4 Å². The lowest BCUT2D eigenvalue weighted by Gasteiger charge is -2.41. The summed E-state index contributed by atoms with van der Waals surface area (Å²) >= 11 is 1.34. The molecule has 93 heavy (non-hydrogen) atoms. The summed E-state index contributed by atoms with van der Waals surface area (Å²) in [6.07, 6.45) is 2.11. The Bertz CT molecular complexity index is 3030. The van der Waals surface area contributed by atoms with Gasteiger partial charge in [0.05, 0.1) is 71.2 Å². The molecule has 2 saturated heterocycles. The van der Waals surface area contributed by atoms with Gasteiger partial charge in [-0.1, -0.05) is 97.7 Å². The molecule has 1 unspecified atom stereocenters. The van der Waals surface area contributed by atoms with Crippen molar-refractivity contribution in [3.63, 3.8) is 0 Å². The molecule has 0 aliphatic carbocycles. The van der Waals surface area contributed by atoms with Gasteiger partial charge in [-0.05, 0) is 97.6 Å². The van der Waals surface area contributed by atoms with Gasteiger partial charge in [0.15, 0.2) is 0 Å². The Kier molecular flexibility index (Phi) is 30.0. The molecule has 0 aromatic heterocycles. The molecule has 2 aliphatic heterocycles. The number of rotatable bonds is 36. The van der Waals surface area contributed by atoms with Crippen molar-refractivity contribution in [3.05, 3.63) is 99.6 Å². The molecule has 5 rings (SSSR count). The third kappa shape index (κ3) is 21.2. The molecule has 11 atom stereocenters. The van der Waals surface area contributed by atoms with Crippen LogP contribution in [0.5, 0.6) is 5.75 Å². The molecular weight excluding hydrogens is 1220 g/mol. The Labute approximate surface area is 550 Å². The fraction of sp³-hybridized carbons (Fsp3) is 0.597. The van der Waals surface area contributed by atoms with Gasteiger partial charge in [0.25, 0.3) is 5.69 Å². The number of methoxy groups -OCH3 is 2. The van der Waals surface area contributed by atoms with Gasteiger partial charge in [-0.15, -0.1) is 0 Å². The Morgan fingerprint density at radius 3 is 2.10 bits per heavy atom. The van der Waals surface area contributed by atoms with Crippen LogP contribution in [-0.2, 0) is 65.8 Å². The molecule has 2 aliphatic rings. The van der Waals surface area contributed by atoms with Gasteiger partial charge in [-0.25, -0.2) is 4.79 Å². The number of carbonyl (C=O) groups excluding carboxylic acids is 9. The minimum atomic E-state index is -1.13. The Morgan fingerprint density at radius 1 is 0.817 bits per heavy atom. The minimum Gasteiger partial charge on any atom is -0.487 e. The van der Waals surface area contributed by atoms with Crippen LogP contribution in [0, 0.1) is 33.8 Å². The van der Waals surface area contributed by atoms with E-state index in [0.717, 1.165) is 4.90 Å². The third-order valence-electron chi connectivity index (χ3n) is 17.5. The number of ether oxygens (including phenoxy) is 4. The van der Waals surface area contributed by atoms with E-state index in [2.05, 4.69) is 21.3 Å². The van der Waals surface area contributed by atoms with Crippen LogP contribution < -0.4 is 26.0 Å². The summed E-state index contributed by atoms with van der Waals surface area (Å²) in [6.45, 7) is 14.4. The maximum absolute atomic E-state index is 14.9. The first-order valence-electron chi connectivity index (χ1n) is 32.0. The van der Waals surface area contributed by atoms with Crippen molar-refractivity contribution in [2.75, 3.05) is 59.5 Å². The van der Waals surface area contributed by atoms with Crippen LogP contribution in [0.25, 0.3) is 0 Å². The molecule has 26 heteroatoms. The average molecular weight is 1320 g/mol. The van der Waals surface area contributed by atoms with Gasteiger partial charge < -0.3 is 55.1 Å². The highest BCUT2D eigenvalue weighted by Gasteiger charge is 2.44. The van der Waals surface area contributed by atoms with Crippen molar-refractivity contribution < 1.29 is 72.1 Å². The van der Waals surface area contributed by atoms with E-state index >= 15 is 0 Å². The molecule has 3 aromatic carbocycles. The summed E-state index contributed by atoms with van der Waals surface area (Å²) in [5.74, 6) is -4.66. The van der Waals surface area contributed by atoms with Crippen molar-refractivity contribution in [2.45, 2.75) is 180 Å². The molecule has 3 aromatic rings. The number of imide groups is 1. The number of likely N-dealkylation sites (N-methyl/N-ethyl adjacent to an activating group) is 2. The number of unbranched alkanes of at least 4 members (excludes halogenated alkanes) is 2. The first-order chi connectivity index (χ1) is 44.2. The van der Waals surface area contributed by atoms with Crippen LogP contribution in [-0.4, -0.2) is 185 Å². The number of non-ortho nitro benzene ring substituents is 1. The van der Waals surface area contributed by atoms with Gasteiger partial charge >= 0.3 is 6.09 Å². The second kappa shape index (κ2) is 36.7. The van der Waals surface area contributed by atoms with E-state index in [9.17, 15) is 58.4 Å². The summed E-state index contributed by atoms with van der Waals surface area (Å²) < 4.78 is 23.9. The van der Waals surface area contributed by atoms with Crippen LogP contribution >= 0.6 is 11.8 Å². The van der Waals surface area contributed by atoms with Crippen molar-refractivity contribution in [1.82, 2.24) is 35.6 Å². The molecule has 2 fully saturated rings. The number of amides is 9. The SMILES string of the molecule is CC[C@H](C)[C@@H]([C@@H](CC(=O)N1CCC[C@H]1[C@H](OC)[C@@H](C)C(=O)N[C@H](C)[C@@H](O)c1ccccc1)OC)N(C)C(=O)[C@@H](NC(=O)[C@H](C(C)C)N(C)C(=O)OCc1ccc(OCc2ccc([N+](=O)[O-])cc2)c(NC(=O)CNC(=O)CCCCCN2C(=O)CC(SC)C2=O)c1)C(C)C. The zero-order valence-corrected chi connectivity index (χ0v) is 56.9. The van der Waals surface area contributed by atoms with Crippen molar-refractivity contribution in [3.8, 4) is 5.75 Å². The number of benzene rings is 3. The number of anilines is 1. The van der Waals surface area contributed by atoms with E-state index in [1.54, 1.807) is 77.9 Å². The standard InChI is InChI=1S/C67H97N9O16S/c1-14-42(6)60(52(89-11)35-56(79)74-33-21-24-50(74)62(90-12)43(7)63(82)69-44(8)61(81)47-22-17-15-18-23-47)72(9)66(85)58(40(2)3)71-64(83)59(41(4)5)73(10)67(86)92-39-46-28-31-51(91-38-45-26-29-48(30-27-45)76(87)88)49(34-46)70-55(78)37-68-54(77)25-19-16-20-32-75-57(80)36-53(93-13)65(75)84/h15,17-18,22-23,26-31,34,40-44,50,52-53,58-62,81H,14,16,19-21,24-25,32-33,35-39H2,1-13H3,(H,68,77)(H,69,82)(H,70,78)(H,71,83)/t42-,43+,44+,50-,52+,53?,58-,59-,60-,61+,62+/m0/s1. The fourth-order valence-corrected chi connectivity index (χ4v) is 12.6. The molecule has 0 radical (unpaired) electrons. The molecule has 5 N–H and O–H groups in total. The van der Waals surface area contributed by atoms with Crippen molar-refractivity contribution in [2.24, 2.45) is 23.7 Å². The number of hydrogen-bond donors (Lipinski definition) is 5. The summed E-state index contributed by atoms with van der Waals surface area (Å²) in [6, 6.07) is 15.5. The highest BCUT2D eigenvalue weighted by Crippen LogP contribution is 2.32. The van der Waals surface area contributed by atoms with Gasteiger partial charge in [-0.2, -0.15) is 11.8 Å². The molecule has 9 amide bonds. The van der Waals surface area contributed by atoms with Crippen molar-refractivity contribution >= 4 is 76.5 Å². The first-order valence-corrected chi connectivity index (χ1v) is 33.2. The van der Waals surface area contributed by atoms with E-state index in [-0.39, 0.29) is 90.9 Å². The summed E-state index contributed by atoms with van der Waals surface area (Å²) in [5, 5.41) is 33.1. The summed E-state index contributed by atoms with van der Waals surface area (Å²) in [7, 11) is 6.04. The number of nitro groups is 1. The second-order valence-corrected chi connectivity index (χ2v) is 25.9. The van der Waals surface area contributed by atoms with Crippen LogP contribution in [0.15, 0.2) is 72.8 Å². The van der Waals surface area contributed by atoms with Gasteiger partial charge in [0.2, 0.25) is 47.3 Å². The zero-order chi connectivity index (χ0) is 68.8. The lowest BCUT2D eigenvalue weighted by atomic mass is 9.89. The molecule has 0 spiro atoms. The second-order valence-electron chi connectivity index (χ2n) is 24.8. The molecule has 25 nitrogen and oxygen atoms in total. The molecule has 512 valence electrons. The number of hydrogen-bond acceptors (Lipinski definition) is 17. The predicted molar refractivity (Wildman–Crippen MR) is 351 cm³/mol. The van der Waals surface area contributed by atoms with Crippen molar-refractivity contribution in [1.29, 1.82) is 0 Å². The number of carbonyl (C=O) groups is 9. The van der Waals surface area contributed by atoms with Crippen LogP contribution in [0.4, 0.5) is 16.2 Å². The molecule has 0 saturated carbocycles. The Hall–Kier alpha value is -7.68. The number of nitro benzene ring substituents is 1. The maximum Gasteiger partial charge on any atom is 0.410 e. The number of likely N-dealkylation sites (tertiary alicyclic amines) is 2. The summed E-state index contributed by atoms with van der Waals surface area (Å²) in [5.41, 5.74) is 1.68. The van der Waals surface area contributed by atoms with Gasteiger partial charge in [-0.3, -0.25) is 58.3 Å². The number of thioether (sulfide) groups is 1. The molecule has 2 heterocycles. The van der Waals surface area contributed by atoms with Crippen LogP contribution in [0.2, 0.25) is 0 Å². The van der Waals surface area contributed by atoms with Gasteiger partial charge in [0.1, 0.15) is 31.0 Å². The highest BCUT2D eigenvalue weighted by molar-refractivity contribution is 8.00. The highest BCUT2D eigenvalue weighted by atomic mass is 32.2. The van der Waals surface area contributed by atoms with E-state index in [4.69, 9.17) is 18.9 Å². The lowest BCUT2D eigenvalue weighted by molar-refractivity contribution is -0.384. The predicted octanol–water partition coefficient (Wildman–Crippen LogP) is 7.17. The van der Waals surface area contributed by atoms with E-state index in [0.29, 0.717) is 61.8 Å². The Balaban J connectivity index is 1.22. The largest absolute Gasteiger partial charge is 0.487 e. The van der Waals surface area contributed by atoms with E-state index < -0.39 is 107 Å². The van der Waals surface area contributed by atoms with Crippen LogP contribution in [0.1, 0.15) is 136 Å². The quantitative estimate of drug-likeness (QED) is 0.0167. The Morgan fingerprint density at radius 2 is 1.49 bits per heavy atom. The molecular formula is C67H97N9O16S. The first kappa shape index (κ1) is 76.0. The van der Waals surface area contributed by atoms with E-state index in [1.165, 1.54) is 79.2 Å². The van der Waals surface area contributed by atoms with Crippen LogP contribution in [0.3, 0.4) is 0 Å². The number of nitrogens with zero attached hydrogens (tertiary/aromatic N) is 5. The monoisotopic (exact) mass is 1320 g/mol. The molecule has 0 bridgehead atoms. The third-order valence-corrected chi connectivity index (χ3v) is 18.5. The minimum absolute atomic E-state index is 0.0510. The lowest BCUT2D eigenvalue weighted by Crippen LogP contribution is -2.60. The number of aliphatic hydroxyl groups is 1. The maximum atomic E-state index is 14.9. The number of aliphatic hydroxyl groups excluding tert-OH is 1. The topological polar surface area (TPSA) is 315 Å². The number of nitrogens with one attached hydrogen (secondary N) is 4. The normalized spacial score (nSPS) is 17.7. The smallest absolute Gasteiger partial charge is 0.410 e.